The van der Waals surface area contributed by atoms with E-state index in [4.69, 9.17) is 5.11 Å². The first-order valence-corrected chi connectivity index (χ1v) is 8.23. The van der Waals surface area contributed by atoms with E-state index in [1.165, 1.54) is 12.1 Å². The first-order valence-electron chi connectivity index (χ1n) is 6.74. The van der Waals surface area contributed by atoms with Crippen LogP contribution in [0.4, 0.5) is 0 Å². The van der Waals surface area contributed by atoms with E-state index in [2.05, 4.69) is 11.6 Å². The number of aliphatic carboxylic acids is 1. The summed E-state index contributed by atoms with van der Waals surface area (Å²) in [6.07, 6.45) is 2.74. The molecule has 0 radical (unpaired) electrons. The van der Waals surface area contributed by atoms with Gasteiger partial charge in [0, 0.05) is 0 Å². The fourth-order valence-electron chi connectivity index (χ4n) is 1.90. The van der Waals surface area contributed by atoms with Crippen LogP contribution in [0.25, 0.3) is 0 Å². The number of aryl methyl sites for hydroxylation is 1. The lowest BCUT2D eigenvalue weighted by atomic mass is 10.1. The Morgan fingerprint density at radius 1 is 1.20 bits per heavy atom. The predicted molar refractivity (Wildman–Crippen MR) is 77.1 cm³/mol. The molecule has 0 saturated heterocycles. The van der Waals surface area contributed by atoms with Crippen molar-refractivity contribution >= 4 is 16.0 Å². The van der Waals surface area contributed by atoms with Gasteiger partial charge in [0.25, 0.3) is 0 Å². The van der Waals surface area contributed by atoms with Crippen LogP contribution in [0.5, 0.6) is 0 Å². The van der Waals surface area contributed by atoms with E-state index in [1.54, 1.807) is 12.1 Å². The van der Waals surface area contributed by atoms with Crippen molar-refractivity contribution in [3.63, 3.8) is 0 Å². The van der Waals surface area contributed by atoms with Crippen LogP contribution in [0.3, 0.4) is 0 Å². The number of carboxylic acid groups (broad SMARTS) is 1. The standard InChI is InChI=1S/C14H21NO4S/c1-3-5-11-7-9-12(10-8-11)20(18,19)15-13(6-4-2)14(16)17/h7-10,13,15H,3-6H2,1-2H3,(H,16,17). The zero-order valence-electron chi connectivity index (χ0n) is 11.8. The predicted octanol–water partition coefficient (Wildman–Crippen LogP) is 2.17. The van der Waals surface area contributed by atoms with Crippen molar-refractivity contribution < 1.29 is 18.3 Å². The molecule has 1 atom stereocenters. The molecule has 0 aliphatic rings. The summed E-state index contributed by atoms with van der Waals surface area (Å²) in [7, 11) is -3.79. The number of nitrogens with one attached hydrogen (secondary N) is 1. The summed E-state index contributed by atoms with van der Waals surface area (Å²) < 4.78 is 26.5. The largest absolute Gasteiger partial charge is 0.480 e. The van der Waals surface area contributed by atoms with Crippen molar-refractivity contribution in [3.05, 3.63) is 29.8 Å². The van der Waals surface area contributed by atoms with Crippen LogP contribution in [0, 0.1) is 0 Å². The SMILES string of the molecule is CCCc1ccc(S(=O)(=O)NC(CCC)C(=O)O)cc1. The molecule has 0 aromatic heterocycles. The minimum atomic E-state index is -3.79. The molecule has 0 saturated carbocycles. The van der Waals surface area contributed by atoms with E-state index in [0.717, 1.165) is 18.4 Å². The monoisotopic (exact) mass is 299 g/mol. The Morgan fingerprint density at radius 3 is 2.25 bits per heavy atom. The lowest BCUT2D eigenvalue weighted by Gasteiger charge is -2.14. The van der Waals surface area contributed by atoms with Crippen molar-refractivity contribution in [3.8, 4) is 0 Å². The summed E-state index contributed by atoms with van der Waals surface area (Å²) in [6.45, 7) is 3.86. The van der Waals surface area contributed by atoms with Crippen molar-refractivity contribution in [2.75, 3.05) is 0 Å². The molecule has 0 heterocycles. The fraction of sp³-hybridized carbons (Fsp3) is 0.500. The Morgan fingerprint density at radius 2 is 1.80 bits per heavy atom. The maximum atomic E-state index is 12.1. The number of carbonyl (C=O) groups is 1. The molecule has 1 rings (SSSR count). The van der Waals surface area contributed by atoms with Crippen molar-refractivity contribution in [1.82, 2.24) is 4.72 Å². The average molecular weight is 299 g/mol. The van der Waals surface area contributed by atoms with Gasteiger partial charge in [-0.15, -0.1) is 0 Å². The molecule has 1 unspecified atom stereocenters. The molecule has 0 aliphatic carbocycles. The van der Waals surface area contributed by atoms with Gasteiger partial charge in [0.1, 0.15) is 6.04 Å². The first kappa shape index (κ1) is 16.7. The summed E-state index contributed by atoms with van der Waals surface area (Å²) in [5.41, 5.74) is 1.06. The zero-order chi connectivity index (χ0) is 15.2. The number of hydrogen-bond donors (Lipinski definition) is 2. The molecule has 0 aliphatic heterocycles. The summed E-state index contributed by atoms with van der Waals surface area (Å²) in [4.78, 5) is 11.1. The molecule has 5 nitrogen and oxygen atoms in total. The highest BCUT2D eigenvalue weighted by Crippen LogP contribution is 2.13. The summed E-state index contributed by atoms with van der Waals surface area (Å²) in [5.74, 6) is -1.15. The fourth-order valence-corrected chi connectivity index (χ4v) is 3.12. The number of benzene rings is 1. The van der Waals surface area contributed by atoms with Gasteiger partial charge >= 0.3 is 5.97 Å². The Labute approximate surface area is 120 Å². The smallest absolute Gasteiger partial charge is 0.321 e. The highest BCUT2D eigenvalue weighted by atomic mass is 32.2. The van der Waals surface area contributed by atoms with Gasteiger partial charge in [0.15, 0.2) is 0 Å². The maximum absolute atomic E-state index is 12.1. The molecule has 112 valence electrons. The Kier molecular flexibility index (Phi) is 6.16. The maximum Gasteiger partial charge on any atom is 0.321 e. The quantitative estimate of drug-likeness (QED) is 0.770. The van der Waals surface area contributed by atoms with Gasteiger partial charge in [-0.3, -0.25) is 4.79 Å². The second-order valence-corrected chi connectivity index (χ2v) is 6.41. The second-order valence-electron chi connectivity index (χ2n) is 4.69. The van der Waals surface area contributed by atoms with E-state index in [0.29, 0.717) is 6.42 Å². The van der Waals surface area contributed by atoms with Gasteiger partial charge in [-0.2, -0.15) is 4.72 Å². The van der Waals surface area contributed by atoms with Crippen LogP contribution < -0.4 is 4.72 Å². The molecule has 0 bridgehead atoms. The topological polar surface area (TPSA) is 83.5 Å². The summed E-state index contributed by atoms with van der Waals surface area (Å²) in [6, 6.07) is 5.46. The third-order valence-corrected chi connectivity index (χ3v) is 4.43. The van der Waals surface area contributed by atoms with E-state index >= 15 is 0 Å². The minimum absolute atomic E-state index is 0.0970. The average Bonchev–Trinajstić information content (AvgIpc) is 2.39. The summed E-state index contributed by atoms with van der Waals surface area (Å²) in [5, 5.41) is 9.00. The van der Waals surface area contributed by atoms with Gasteiger partial charge < -0.3 is 5.11 Å². The minimum Gasteiger partial charge on any atom is -0.480 e. The van der Waals surface area contributed by atoms with E-state index in [9.17, 15) is 13.2 Å². The number of sulfonamides is 1. The van der Waals surface area contributed by atoms with Gasteiger partial charge in [-0.05, 0) is 30.5 Å². The molecule has 6 heteroatoms. The third-order valence-electron chi connectivity index (χ3n) is 2.95. The molecule has 0 amide bonds. The Balaban J connectivity index is 2.89. The van der Waals surface area contributed by atoms with Gasteiger partial charge in [-0.1, -0.05) is 38.8 Å². The van der Waals surface area contributed by atoms with Gasteiger partial charge in [0.2, 0.25) is 10.0 Å². The molecule has 1 aromatic carbocycles. The number of hydrogen-bond acceptors (Lipinski definition) is 3. The lowest BCUT2D eigenvalue weighted by Crippen LogP contribution is -2.40. The van der Waals surface area contributed by atoms with Crippen LogP contribution in [0.1, 0.15) is 38.7 Å². The Bertz CT molecular complexity index is 537. The van der Waals surface area contributed by atoms with E-state index < -0.39 is 22.0 Å². The molecule has 20 heavy (non-hydrogen) atoms. The van der Waals surface area contributed by atoms with E-state index in [-0.39, 0.29) is 11.3 Å². The van der Waals surface area contributed by atoms with Gasteiger partial charge in [-0.25, -0.2) is 8.42 Å². The lowest BCUT2D eigenvalue weighted by molar-refractivity contribution is -0.139. The molecule has 0 spiro atoms. The van der Waals surface area contributed by atoms with Crippen LogP contribution >= 0.6 is 0 Å². The van der Waals surface area contributed by atoms with E-state index in [1.807, 2.05) is 6.92 Å². The Hall–Kier alpha value is -1.40. The van der Waals surface area contributed by atoms with Crippen molar-refractivity contribution in [2.24, 2.45) is 0 Å². The normalized spacial score (nSPS) is 13.1. The molecule has 1 aromatic rings. The number of carboxylic acids is 1. The highest BCUT2D eigenvalue weighted by Gasteiger charge is 2.24. The zero-order valence-corrected chi connectivity index (χ0v) is 12.6. The first-order chi connectivity index (χ1) is 9.40. The second kappa shape index (κ2) is 7.40. The summed E-state index contributed by atoms with van der Waals surface area (Å²) >= 11 is 0. The highest BCUT2D eigenvalue weighted by molar-refractivity contribution is 7.89. The molecule has 0 fully saturated rings. The molecule has 2 N–H and O–H groups in total. The van der Waals surface area contributed by atoms with Crippen LogP contribution in [0.2, 0.25) is 0 Å². The number of rotatable bonds is 8. The van der Waals surface area contributed by atoms with Crippen molar-refractivity contribution in [2.45, 2.75) is 50.5 Å². The van der Waals surface area contributed by atoms with Gasteiger partial charge in [0.05, 0.1) is 4.90 Å². The van der Waals surface area contributed by atoms with Crippen LogP contribution in [-0.4, -0.2) is 25.5 Å². The van der Waals surface area contributed by atoms with Crippen molar-refractivity contribution in [1.29, 1.82) is 0 Å². The molecular formula is C14H21NO4S. The van der Waals surface area contributed by atoms with Crippen LogP contribution in [-0.2, 0) is 21.2 Å². The van der Waals surface area contributed by atoms with Crippen LogP contribution in [0.15, 0.2) is 29.2 Å². The molecular weight excluding hydrogens is 278 g/mol. The third kappa shape index (κ3) is 4.61.